The number of hydrogen-bond donors (Lipinski definition) is 0. The average molecular weight is 403 g/mol. The van der Waals surface area contributed by atoms with E-state index >= 15 is 0 Å². The number of halogens is 3. The third-order valence-electron chi connectivity index (χ3n) is 4.21. The van der Waals surface area contributed by atoms with Crippen molar-refractivity contribution >= 4 is 20.3 Å². The van der Waals surface area contributed by atoms with Gasteiger partial charge < -0.3 is 9.16 Å². The van der Waals surface area contributed by atoms with E-state index in [0.29, 0.717) is 0 Å². The highest BCUT2D eigenvalue weighted by atomic mass is 28.4. The number of hydrogen-bond acceptors (Lipinski definition) is 5. The van der Waals surface area contributed by atoms with Crippen molar-refractivity contribution in [1.82, 2.24) is 0 Å². The zero-order valence-electron chi connectivity index (χ0n) is 15.5. The second kappa shape index (κ2) is 8.01. The molecular weight excluding hydrogens is 383 g/mol. The lowest BCUT2D eigenvalue weighted by molar-refractivity contribution is -0.205. The number of esters is 1. The van der Waals surface area contributed by atoms with Gasteiger partial charge in [0.25, 0.3) is 8.32 Å². The average Bonchev–Trinajstić information content (AvgIpc) is 2.52. The van der Waals surface area contributed by atoms with Crippen molar-refractivity contribution in [3.63, 3.8) is 0 Å². The molecule has 27 heavy (non-hydrogen) atoms. The van der Waals surface area contributed by atoms with Crippen LogP contribution in [0.5, 0.6) is 0 Å². The van der Waals surface area contributed by atoms with Crippen LogP contribution < -0.4 is 0 Å². The predicted octanol–water partition coefficient (Wildman–Crippen LogP) is 5.26. The quantitative estimate of drug-likeness (QED) is 0.220. The van der Waals surface area contributed by atoms with Gasteiger partial charge in [-0.25, -0.2) is 9.59 Å². The number of alkyl halides is 3. The van der Waals surface area contributed by atoms with Crippen molar-refractivity contribution in [1.29, 1.82) is 0 Å². The lowest BCUT2D eigenvalue weighted by atomic mass is 10.1. The Bertz CT molecular complexity index is 769. The maximum Gasteiger partial charge on any atom is 0.490 e. The van der Waals surface area contributed by atoms with Crippen LogP contribution in [0.3, 0.4) is 0 Å². The van der Waals surface area contributed by atoms with Gasteiger partial charge in [-0.1, -0.05) is 39.0 Å². The van der Waals surface area contributed by atoms with Gasteiger partial charge >= 0.3 is 18.1 Å². The van der Waals surface area contributed by atoms with E-state index in [4.69, 9.17) is 9.96 Å². The zero-order valence-corrected chi connectivity index (χ0v) is 16.5. The summed E-state index contributed by atoms with van der Waals surface area (Å²) < 4.78 is 47.3. The minimum Gasteiger partial charge on any atom is -0.516 e. The Morgan fingerprint density at radius 2 is 1.74 bits per heavy atom. The number of rotatable bonds is 5. The summed E-state index contributed by atoms with van der Waals surface area (Å²) >= 11 is 0. The molecule has 0 radical (unpaired) electrons. The Kier molecular flexibility index (Phi) is 6.68. The molecule has 0 aromatic heterocycles. The number of carbonyl (C=O) groups is 2. The van der Waals surface area contributed by atoms with E-state index in [1.54, 1.807) is 0 Å². The summed E-state index contributed by atoms with van der Waals surface area (Å²) in [7, 11) is -2.53. The summed E-state index contributed by atoms with van der Waals surface area (Å²) in [5, 5.41) is 2.78. The van der Waals surface area contributed by atoms with Crippen molar-refractivity contribution in [3.05, 3.63) is 45.8 Å². The number of benzene rings is 1. The summed E-state index contributed by atoms with van der Waals surface area (Å²) in [4.78, 5) is 26.2. The molecular formula is C16H20F3N3O4Si. The molecule has 1 aromatic carbocycles. The maximum atomic E-state index is 12.6. The van der Waals surface area contributed by atoms with Gasteiger partial charge in [-0.05, 0) is 34.8 Å². The normalized spacial score (nSPS) is 13.3. The molecule has 0 fully saturated rings. The molecule has 0 saturated carbocycles. The van der Waals surface area contributed by atoms with Gasteiger partial charge in [0.05, 0.1) is 5.56 Å². The summed E-state index contributed by atoms with van der Waals surface area (Å²) in [6, 6.07) is 5.39. The number of nitrogens with zero attached hydrogens (tertiary/aromatic N) is 3. The molecule has 0 N–H and O–H groups in total. The minimum absolute atomic E-state index is 0.144. The van der Waals surface area contributed by atoms with Crippen molar-refractivity contribution in [3.8, 4) is 0 Å². The van der Waals surface area contributed by atoms with Crippen molar-refractivity contribution in [2.24, 2.45) is 5.11 Å². The third kappa shape index (κ3) is 5.73. The van der Waals surface area contributed by atoms with E-state index < -0.39 is 32.7 Å². The lowest BCUT2D eigenvalue weighted by Crippen LogP contribution is -2.42. The van der Waals surface area contributed by atoms with Crippen LogP contribution in [0, 0.1) is 0 Å². The fourth-order valence-corrected chi connectivity index (χ4v) is 2.58. The standard InChI is InChI=1S/C16H20F3N3O4Si/c1-15(2,3)27(4,5)26-13(23)11-9-7-6-8-10(11)12(21-22-20)25-14(24)16(17,18)19/h6-9,12H,1-5H3. The Hall–Kier alpha value is -2.52. The molecule has 11 heteroatoms. The van der Waals surface area contributed by atoms with E-state index in [0.717, 1.165) is 0 Å². The van der Waals surface area contributed by atoms with Gasteiger partial charge in [-0.3, -0.25) is 0 Å². The van der Waals surface area contributed by atoms with Crippen LogP contribution in [-0.2, 0) is 14.0 Å². The summed E-state index contributed by atoms with van der Waals surface area (Å²) in [6.45, 7) is 9.37. The molecule has 0 aliphatic carbocycles. The second-order valence-corrected chi connectivity index (χ2v) is 11.9. The fourth-order valence-electron chi connectivity index (χ4n) is 1.70. The van der Waals surface area contributed by atoms with Crippen LogP contribution in [0.4, 0.5) is 13.2 Å². The molecule has 0 aliphatic heterocycles. The largest absolute Gasteiger partial charge is 0.516 e. The van der Waals surface area contributed by atoms with Crippen molar-refractivity contribution in [2.45, 2.75) is 51.3 Å². The van der Waals surface area contributed by atoms with Crippen molar-refractivity contribution < 1.29 is 31.9 Å². The molecule has 1 atom stereocenters. The van der Waals surface area contributed by atoms with Gasteiger partial charge in [-0.2, -0.15) is 13.2 Å². The molecule has 7 nitrogen and oxygen atoms in total. The topological polar surface area (TPSA) is 101 Å². The molecule has 0 aliphatic rings. The number of carbonyl (C=O) groups excluding carboxylic acids is 2. The third-order valence-corrected chi connectivity index (χ3v) is 8.52. The summed E-state index contributed by atoms with van der Waals surface area (Å²) in [5.74, 6) is -3.33. The van der Waals surface area contributed by atoms with Crippen LogP contribution >= 0.6 is 0 Å². The molecule has 0 amide bonds. The monoisotopic (exact) mass is 403 g/mol. The first-order chi connectivity index (χ1) is 12.2. The van der Waals surface area contributed by atoms with Gasteiger partial charge in [0.1, 0.15) is 0 Å². The maximum absolute atomic E-state index is 12.6. The van der Waals surface area contributed by atoms with Crippen molar-refractivity contribution in [2.75, 3.05) is 0 Å². The van der Waals surface area contributed by atoms with Gasteiger partial charge in [-0.15, -0.1) is 0 Å². The molecule has 0 heterocycles. The van der Waals surface area contributed by atoms with Crippen LogP contribution in [0.2, 0.25) is 18.1 Å². The van der Waals surface area contributed by atoms with Gasteiger partial charge in [0, 0.05) is 10.5 Å². The van der Waals surface area contributed by atoms with Crippen LogP contribution in [0.15, 0.2) is 29.4 Å². The van der Waals surface area contributed by atoms with E-state index in [1.165, 1.54) is 24.3 Å². The van der Waals surface area contributed by atoms with Gasteiger partial charge in [0.15, 0.2) is 0 Å². The summed E-state index contributed by atoms with van der Waals surface area (Å²) in [6.07, 6.45) is -7.24. The molecule has 0 saturated heterocycles. The zero-order chi connectivity index (χ0) is 21.0. The van der Waals surface area contributed by atoms with Crippen LogP contribution in [0.1, 0.15) is 42.9 Å². The molecule has 1 unspecified atom stereocenters. The van der Waals surface area contributed by atoms with E-state index in [1.807, 2.05) is 33.9 Å². The summed E-state index contributed by atoms with van der Waals surface area (Å²) in [5.41, 5.74) is 8.27. The highest BCUT2D eigenvalue weighted by Crippen LogP contribution is 2.37. The fraction of sp³-hybridized carbons (Fsp3) is 0.500. The molecule has 0 bridgehead atoms. The first-order valence-electron chi connectivity index (χ1n) is 7.85. The van der Waals surface area contributed by atoms with E-state index in [2.05, 4.69) is 14.8 Å². The molecule has 1 aromatic rings. The van der Waals surface area contributed by atoms with Crippen LogP contribution in [0.25, 0.3) is 10.4 Å². The molecule has 0 spiro atoms. The first-order valence-corrected chi connectivity index (χ1v) is 10.8. The second-order valence-electron chi connectivity index (χ2n) is 7.20. The minimum atomic E-state index is -5.28. The van der Waals surface area contributed by atoms with Gasteiger partial charge in [0.2, 0.25) is 6.23 Å². The van der Waals surface area contributed by atoms with Crippen LogP contribution in [-0.4, -0.2) is 26.4 Å². The lowest BCUT2D eigenvalue weighted by Gasteiger charge is -2.35. The molecule has 1 rings (SSSR count). The number of azide groups is 1. The highest BCUT2D eigenvalue weighted by Gasteiger charge is 2.43. The Morgan fingerprint density at radius 1 is 1.19 bits per heavy atom. The highest BCUT2D eigenvalue weighted by molar-refractivity contribution is 6.75. The number of ether oxygens (including phenoxy) is 1. The Morgan fingerprint density at radius 3 is 2.22 bits per heavy atom. The Balaban J connectivity index is 3.28. The first kappa shape index (κ1) is 22.5. The predicted molar refractivity (Wildman–Crippen MR) is 93.1 cm³/mol. The molecule has 148 valence electrons. The van der Waals surface area contributed by atoms with E-state index in [-0.39, 0.29) is 16.2 Å². The van der Waals surface area contributed by atoms with E-state index in [9.17, 15) is 22.8 Å². The Labute approximate surface area is 155 Å². The SMILES string of the molecule is CC(C)(C)[Si](C)(C)OC(=O)c1ccccc1C(N=[N+]=[N-])OC(=O)C(F)(F)F. The smallest absolute Gasteiger partial charge is 0.490 e.